The largest absolute Gasteiger partial charge is 0.388 e. The number of hydrogen-bond donors (Lipinski definition) is 1. The highest BCUT2D eigenvalue weighted by Gasteiger charge is 2.37. The van der Waals surface area contributed by atoms with Crippen molar-refractivity contribution in [1.29, 1.82) is 0 Å². The first-order valence-electron chi connectivity index (χ1n) is 6.98. The second-order valence-electron chi connectivity index (χ2n) is 5.50. The maximum atomic E-state index is 11.7. The molecule has 0 saturated carbocycles. The Hall–Kier alpha value is -1.67. The molecule has 114 valence electrons. The third-order valence-corrected chi connectivity index (χ3v) is 5.46. The summed E-state index contributed by atoms with van der Waals surface area (Å²) in [6, 6.07) is 1.61. The Morgan fingerprint density at radius 1 is 1.52 bits per heavy atom. The molecule has 2 aliphatic heterocycles. The third kappa shape index (κ3) is 2.49. The van der Waals surface area contributed by atoms with Gasteiger partial charge in [0.15, 0.2) is 5.00 Å². The Morgan fingerprint density at radius 3 is 2.95 bits per heavy atom. The van der Waals surface area contributed by atoms with Crippen LogP contribution in [0.3, 0.4) is 0 Å². The molecule has 2 saturated heterocycles. The molecule has 0 radical (unpaired) electrons. The van der Waals surface area contributed by atoms with Crippen molar-refractivity contribution in [3.63, 3.8) is 0 Å². The van der Waals surface area contributed by atoms with E-state index in [1.54, 1.807) is 6.92 Å². The van der Waals surface area contributed by atoms with Crippen LogP contribution in [0.2, 0.25) is 0 Å². The van der Waals surface area contributed by atoms with Gasteiger partial charge in [0, 0.05) is 43.0 Å². The summed E-state index contributed by atoms with van der Waals surface area (Å²) >= 11 is 1.27. The zero-order chi connectivity index (χ0) is 15.1. The fourth-order valence-corrected chi connectivity index (χ4v) is 4.10. The molecule has 0 spiro atoms. The van der Waals surface area contributed by atoms with E-state index in [1.807, 2.05) is 9.80 Å². The van der Waals surface area contributed by atoms with Crippen LogP contribution < -0.4 is 4.90 Å². The van der Waals surface area contributed by atoms with E-state index >= 15 is 0 Å². The first kappa shape index (κ1) is 14.3. The minimum Gasteiger partial charge on any atom is -0.388 e. The average Bonchev–Trinajstić information content (AvgIpc) is 3.03. The van der Waals surface area contributed by atoms with Gasteiger partial charge in [-0.2, -0.15) is 0 Å². The molecule has 2 aliphatic rings. The van der Waals surface area contributed by atoms with E-state index in [-0.39, 0.29) is 17.6 Å². The molecule has 0 bridgehead atoms. The number of aliphatic hydroxyl groups excluding tert-OH is 1. The van der Waals surface area contributed by atoms with Gasteiger partial charge in [0.05, 0.1) is 11.0 Å². The molecule has 2 unspecified atom stereocenters. The van der Waals surface area contributed by atoms with E-state index in [0.717, 1.165) is 6.42 Å². The summed E-state index contributed by atoms with van der Waals surface area (Å²) in [4.78, 5) is 27.0. The van der Waals surface area contributed by atoms with Gasteiger partial charge in [-0.15, -0.1) is 11.3 Å². The summed E-state index contributed by atoms with van der Waals surface area (Å²) in [5.74, 6) is 0.185. The van der Waals surface area contributed by atoms with Crippen molar-refractivity contribution in [2.45, 2.75) is 31.9 Å². The Bertz CT molecular complexity index is 586. The number of piperazine rings is 1. The van der Waals surface area contributed by atoms with Crippen LogP contribution in [0.1, 0.15) is 30.7 Å². The molecule has 1 aromatic heterocycles. The maximum Gasteiger partial charge on any atom is 0.304 e. The molecule has 1 aromatic rings. The molecular formula is C13H17N3O4S. The number of nitrogens with zero attached hydrogens (tertiary/aromatic N) is 3. The van der Waals surface area contributed by atoms with Gasteiger partial charge in [0.2, 0.25) is 5.91 Å². The summed E-state index contributed by atoms with van der Waals surface area (Å²) in [6.45, 7) is 3.45. The van der Waals surface area contributed by atoms with E-state index < -0.39 is 11.0 Å². The summed E-state index contributed by atoms with van der Waals surface area (Å²) in [6.07, 6.45) is 0.679. The number of hydrogen-bond acceptors (Lipinski definition) is 6. The van der Waals surface area contributed by atoms with Gasteiger partial charge in [-0.25, -0.2) is 0 Å². The van der Waals surface area contributed by atoms with Gasteiger partial charge < -0.3 is 14.9 Å². The van der Waals surface area contributed by atoms with Gasteiger partial charge in [-0.3, -0.25) is 14.9 Å². The van der Waals surface area contributed by atoms with E-state index in [4.69, 9.17) is 0 Å². The lowest BCUT2D eigenvalue weighted by Crippen LogP contribution is -2.51. The lowest BCUT2D eigenvalue weighted by molar-refractivity contribution is -0.383. The summed E-state index contributed by atoms with van der Waals surface area (Å²) in [5.41, 5.74) is 0.0497. The van der Waals surface area contributed by atoms with Crippen molar-refractivity contribution in [3.8, 4) is 0 Å². The molecule has 3 heterocycles. The van der Waals surface area contributed by atoms with Crippen molar-refractivity contribution < 1.29 is 14.8 Å². The number of rotatable bonds is 3. The van der Waals surface area contributed by atoms with Crippen LogP contribution in [0.15, 0.2) is 6.07 Å². The molecular weight excluding hydrogens is 294 g/mol. The zero-order valence-electron chi connectivity index (χ0n) is 11.7. The van der Waals surface area contributed by atoms with Crippen LogP contribution >= 0.6 is 11.3 Å². The minimum atomic E-state index is -0.711. The zero-order valence-corrected chi connectivity index (χ0v) is 12.5. The Morgan fingerprint density at radius 2 is 2.29 bits per heavy atom. The molecule has 7 nitrogen and oxygen atoms in total. The number of amides is 1. The quantitative estimate of drug-likeness (QED) is 0.675. The average molecular weight is 311 g/mol. The van der Waals surface area contributed by atoms with Crippen LogP contribution in [0.5, 0.6) is 0 Å². The number of carbonyl (C=O) groups is 1. The van der Waals surface area contributed by atoms with E-state index in [0.29, 0.717) is 35.9 Å². The Balaban J connectivity index is 1.87. The fraction of sp³-hybridized carbons (Fsp3) is 0.615. The number of thiophene rings is 1. The lowest BCUT2D eigenvalue weighted by atomic mass is 10.1. The van der Waals surface area contributed by atoms with Crippen molar-refractivity contribution in [3.05, 3.63) is 21.1 Å². The van der Waals surface area contributed by atoms with Crippen molar-refractivity contribution >= 4 is 27.9 Å². The second-order valence-corrected chi connectivity index (χ2v) is 6.56. The lowest BCUT2D eigenvalue weighted by Gasteiger charge is -2.37. The van der Waals surface area contributed by atoms with Crippen molar-refractivity contribution in [2.24, 2.45) is 0 Å². The smallest absolute Gasteiger partial charge is 0.304 e. The number of nitro groups is 1. The summed E-state index contributed by atoms with van der Waals surface area (Å²) in [5, 5.41) is 21.5. The number of fused-ring (bicyclic) bond motifs is 1. The Kier molecular flexibility index (Phi) is 3.58. The number of aliphatic hydroxyl groups is 1. The monoisotopic (exact) mass is 311 g/mol. The number of carbonyl (C=O) groups excluding carboxylic acids is 1. The number of anilines is 1. The first-order chi connectivity index (χ1) is 9.97. The van der Waals surface area contributed by atoms with Crippen LogP contribution in [-0.4, -0.2) is 46.5 Å². The first-order valence-corrected chi connectivity index (χ1v) is 7.79. The molecule has 2 atom stereocenters. The highest BCUT2D eigenvalue weighted by Crippen LogP contribution is 2.41. The van der Waals surface area contributed by atoms with Gasteiger partial charge in [-0.1, -0.05) is 0 Å². The Labute approximate surface area is 125 Å². The minimum absolute atomic E-state index is 0.0497. The van der Waals surface area contributed by atoms with Crippen molar-refractivity contribution in [2.75, 3.05) is 24.5 Å². The van der Waals surface area contributed by atoms with Gasteiger partial charge in [0.25, 0.3) is 0 Å². The van der Waals surface area contributed by atoms with Crippen LogP contribution in [0.4, 0.5) is 10.7 Å². The predicted octanol–water partition coefficient (Wildman–Crippen LogP) is 1.52. The SMILES string of the molecule is CC(O)c1cc([N+](=O)[O-])c(N2CCN3C(=O)CCC3C2)s1. The topological polar surface area (TPSA) is 86.9 Å². The van der Waals surface area contributed by atoms with Crippen molar-refractivity contribution in [1.82, 2.24) is 4.90 Å². The molecule has 1 amide bonds. The predicted molar refractivity (Wildman–Crippen MR) is 78.6 cm³/mol. The van der Waals surface area contributed by atoms with E-state index in [1.165, 1.54) is 17.4 Å². The normalized spacial score (nSPS) is 23.3. The molecule has 21 heavy (non-hydrogen) atoms. The molecule has 3 rings (SSSR count). The fourth-order valence-electron chi connectivity index (χ4n) is 3.00. The van der Waals surface area contributed by atoms with E-state index in [9.17, 15) is 20.0 Å². The molecule has 0 aliphatic carbocycles. The second kappa shape index (κ2) is 5.27. The van der Waals surface area contributed by atoms with Gasteiger partial charge in [-0.05, 0) is 13.3 Å². The molecule has 8 heteroatoms. The van der Waals surface area contributed by atoms with Gasteiger partial charge in [0.1, 0.15) is 0 Å². The standard InChI is InChI=1S/C13H17N3O4S/c1-8(17)11-6-10(16(19)20)13(21-11)14-4-5-15-9(7-14)2-3-12(15)18/h6,8-9,17H,2-5,7H2,1H3. The van der Waals surface area contributed by atoms with E-state index in [2.05, 4.69) is 0 Å². The van der Waals surface area contributed by atoms with Crippen LogP contribution in [0.25, 0.3) is 0 Å². The molecule has 1 N–H and O–H groups in total. The van der Waals surface area contributed by atoms with Crippen LogP contribution in [-0.2, 0) is 4.79 Å². The highest BCUT2D eigenvalue weighted by atomic mass is 32.1. The summed E-state index contributed by atoms with van der Waals surface area (Å²) in [7, 11) is 0. The maximum absolute atomic E-state index is 11.7. The van der Waals surface area contributed by atoms with Gasteiger partial charge >= 0.3 is 5.69 Å². The highest BCUT2D eigenvalue weighted by molar-refractivity contribution is 7.16. The third-order valence-electron chi connectivity index (χ3n) is 4.10. The van der Waals surface area contributed by atoms with Crippen LogP contribution in [0, 0.1) is 10.1 Å². The summed E-state index contributed by atoms with van der Waals surface area (Å²) < 4.78 is 0. The molecule has 0 aromatic carbocycles. The molecule has 2 fully saturated rings.